The number of amides is 1. The van der Waals surface area contributed by atoms with Crippen LogP contribution in [0.25, 0.3) is 0 Å². The number of thiocarbonyl (C=S) groups is 1. The summed E-state index contributed by atoms with van der Waals surface area (Å²) in [6.07, 6.45) is 1.34. The Hall–Kier alpha value is -1.62. The van der Waals surface area contributed by atoms with E-state index < -0.39 is 0 Å². The summed E-state index contributed by atoms with van der Waals surface area (Å²) in [6.45, 7) is 3.86. The molecule has 0 radical (unpaired) electrons. The first-order valence-corrected chi connectivity index (χ1v) is 6.02. The first kappa shape index (κ1) is 13.4. The Bertz CT molecular complexity index is 406. The van der Waals surface area contributed by atoms with Crippen LogP contribution in [-0.4, -0.2) is 11.0 Å². The lowest BCUT2D eigenvalue weighted by Crippen LogP contribution is -2.43. The quantitative estimate of drug-likeness (QED) is 0.568. The van der Waals surface area contributed by atoms with Crippen molar-refractivity contribution >= 4 is 28.9 Å². The standard InChI is InChI=1S/C12H17N3OS/c1-3-9-7-5-6-8-10(9)13-12(17)15-14-11(16)4-2/h5-8H,3-4H2,1-2H3,(H,14,16)(H2,13,15,17). The van der Waals surface area contributed by atoms with Crippen LogP contribution in [0, 0.1) is 0 Å². The van der Waals surface area contributed by atoms with Gasteiger partial charge in [0, 0.05) is 12.1 Å². The summed E-state index contributed by atoms with van der Waals surface area (Å²) < 4.78 is 0. The molecule has 4 nitrogen and oxygen atoms in total. The third-order valence-corrected chi connectivity index (χ3v) is 2.49. The van der Waals surface area contributed by atoms with Crippen molar-refractivity contribution in [3.05, 3.63) is 29.8 Å². The number of hydrogen-bond donors (Lipinski definition) is 3. The molecule has 3 N–H and O–H groups in total. The number of benzene rings is 1. The van der Waals surface area contributed by atoms with Crippen molar-refractivity contribution in [1.82, 2.24) is 10.9 Å². The van der Waals surface area contributed by atoms with Crippen molar-refractivity contribution in [1.29, 1.82) is 0 Å². The molecule has 0 heterocycles. The van der Waals surface area contributed by atoms with E-state index in [0.717, 1.165) is 12.1 Å². The highest BCUT2D eigenvalue weighted by molar-refractivity contribution is 7.80. The van der Waals surface area contributed by atoms with Gasteiger partial charge in [-0.3, -0.25) is 15.6 Å². The van der Waals surface area contributed by atoms with Crippen LogP contribution >= 0.6 is 12.2 Å². The maximum Gasteiger partial charge on any atom is 0.238 e. The number of para-hydroxylation sites is 1. The van der Waals surface area contributed by atoms with Crippen molar-refractivity contribution in [3.8, 4) is 0 Å². The van der Waals surface area contributed by atoms with E-state index in [1.54, 1.807) is 6.92 Å². The van der Waals surface area contributed by atoms with Crippen LogP contribution < -0.4 is 16.2 Å². The Balaban J connectivity index is 2.53. The minimum atomic E-state index is -0.0991. The minimum Gasteiger partial charge on any atom is -0.331 e. The second-order valence-electron chi connectivity index (χ2n) is 3.49. The van der Waals surface area contributed by atoms with Crippen LogP contribution in [0.5, 0.6) is 0 Å². The van der Waals surface area contributed by atoms with Crippen molar-refractivity contribution < 1.29 is 4.79 Å². The molecule has 1 aromatic carbocycles. The van der Waals surface area contributed by atoms with E-state index in [1.165, 1.54) is 5.56 Å². The molecule has 0 saturated carbocycles. The molecular formula is C12H17N3OS. The van der Waals surface area contributed by atoms with Crippen LogP contribution in [0.2, 0.25) is 0 Å². The zero-order chi connectivity index (χ0) is 12.7. The highest BCUT2D eigenvalue weighted by atomic mass is 32.1. The van der Waals surface area contributed by atoms with E-state index in [0.29, 0.717) is 11.5 Å². The number of hydrazine groups is 1. The van der Waals surface area contributed by atoms with Crippen LogP contribution in [0.15, 0.2) is 24.3 Å². The number of carbonyl (C=O) groups excluding carboxylic acids is 1. The molecule has 0 unspecified atom stereocenters. The van der Waals surface area contributed by atoms with Gasteiger partial charge in [0.2, 0.25) is 5.91 Å². The largest absolute Gasteiger partial charge is 0.331 e. The Labute approximate surface area is 107 Å². The van der Waals surface area contributed by atoms with Crippen molar-refractivity contribution in [2.45, 2.75) is 26.7 Å². The van der Waals surface area contributed by atoms with Gasteiger partial charge in [-0.25, -0.2) is 0 Å². The van der Waals surface area contributed by atoms with E-state index in [9.17, 15) is 4.79 Å². The molecular weight excluding hydrogens is 234 g/mol. The second-order valence-corrected chi connectivity index (χ2v) is 3.90. The minimum absolute atomic E-state index is 0.0991. The summed E-state index contributed by atoms with van der Waals surface area (Å²) in [5.41, 5.74) is 7.29. The first-order chi connectivity index (χ1) is 8.17. The highest BCUT2D eigenvalue weighted by Gasteiger charge is 2.02. The fourth-order valence-corrected chi connectivity index (χ4v) is 1.48. The molecule has 1 aromatic rings. The summed E-state index contributed by atoms with van der Waals surface area (Å²) in [5.74, 6) is -0.0991. The van der Waals surface area contributed by atoms with E-state index in [4.69, 9.17) is 12.2 Å². The molecule has 0 aliphatic rings. The molecule has 0 fully saturated rings. The van der Waals surface area contributed by atoms with Crippen molar-refractivity contribution in [2.24, 2.45) is 0 Å². The van der Waals surface area contributed by atoms with E-state index >= 15 is 0 Å². The number of anilines is 1. The average Bonchev–Trinajstić information content (AvgIpc) is 2.36. The van der Waals surface area contributed by atoms with E-state index in [2.05, 4.69) is 23.1 Å². The van der Waals surface area contributed by atoms with Crippen molar-refractivity contribution in [2.75, 3.05) is 5.32 Å². The molecule has 0 aliphatic heterocycles. The van der Waals surface area contributed by atoms with Gasteiger partial charge in [0.1, 0.15) is 0 Å². The molecule has 1 rings (SSSR count). The molecule has 92 valence electrons. The predicted molar refractivity (Wildman–Crippen MR) is 73.6 cm³/mol. The third-order valence-electron chi connectivity index (χ3n) is 2.28. The van der Waals surface area contributed by atoms with Gasteiger partial charge in [-0.15, -0.1) is 0 Å². The monoisotopic (exact) mass is 251 g/mol. The summed E-state index contributed by atoms with van der Waals surface area (Å²) >= 11 is 5.07. The Morgan fingerprint density at radius 2 is 1.94 bits per heavy atom. The normalized spacial score (nSPS) is 9.53. The number of nitrogens with one attached hydrogen (secondary N) is 3. The molecule has 0 spiro atoms. The zero-order valence-corrected chi connectivity index (χ0v) is 10.9. The van der Waals surface area contributed by atoms with E-state index in [1.807, 2.05) is 24.3 Å². The topological polar surface area (TPSA) is 53.2 Å². The molecule has 0 aliphatic carbocycles. The van der Waals surface area contributed by atoms with Crippen LogP contribution in [-0.2, 0) is 11.2 Å². The lowest BCUT2D eigenvalue weighted by Gasteiger charge is -2.13. The van der Waals surface area contributed by atoms with Gasteiger partial charge in [0.25, 0.3) is 0 Å². The number of hydrogen-bond acceptors (Lipinski definition) is 2. The van der Waals surface area contributed by atoms with Gasteiger partial charge in [-0.2, -0.15) is 0 Å². The Morgan fingerprint density at radius 3 is 2.59 bits per heavy atom. The van der Waals surface area contributed by atoms with Gasteiger partial charge in [-0.1, -0.05) is 32.0 Å². The van der Waals surface area contributed by atoms with Crippen LogP contribution in [0.4, 0.5) is 5.69 Å². The number of rotatable bonds is 3. The lowest BCUT2D eigenvalue weighted by atomic mass is 10.1. The third kappa shape index (κ3) is 4.40. The number of carbonyl (C=O) groups is 1. The summed E-state index contributed by atoms with van der Waals surface area (Å²) in [7, 11) is 0. The predicted octanol–water partition coefficient (Wildman–Crippen LogP) is 1.98. The second kappa shape index (κ2) is 6.85. The summed E-state index contributed by atoms with van der Waals surface area (Å²) in [6, 6.07) is 7.91. The molecule has 5 heteroatoms. The van der Waals surface area contributed by atoms with Gasteiger partial charge < -0.3 is 5.32 Å². The highest BCUT2D eigenvalue weighted by Crippen LogP contribution is 2.14. The average molecular weight is 251 g/mol. The summed E-state index contributed by atoms with van der Waals surface area (Å²) in [5, 5.41) is 3.43. The van der Waals surface area contributed by atoms with Crippen LogP contribution in [0.3, 0.4) is 0 Å². The Kier molecular flexibility index (Phi) is 5.42. The smallest absolute Gasteiger partial charge is 0.238 e. The maximum absolute atomic E-state index is 11.0. The SMILES string of the molecule is CCC(=O)NNC(=S)Nc1ccccc1CC. The molecule has 17 heavy (non-hydrogen) atoms. The fraction of sp³-hybridized carbons (Fsp3) is 0.333. The molecule has 0 saturated heterocycles. The lowest BCUT2D eigenvalue weighted by molar-refractivity contribution is -0.121. The fourth-order valence-electron chi connectivity index (χ4n) is 1.32. The molecule has 1 amide bonds. The molecule has 0 atom stereocenters. The maximum atomic E-state index is 11.0. The van der Waals surface area contributed by atoms with Crippen LogP contribution in [0.1, 0.15) is 25.8 Å². The Morgan fingerprint density at radius 1 is 1.24 bits per heavy atom. The molecule has 0 bridgehead atoms. The van der Waals surface area contributed by atoms with Gasteiger partial charge in [-0.05, 0) is 30.3 Å². The zero-order valence-electron chi connectivity index (χ0n) is 10.0. The van der Waals surface area contributed by atoms with E-state index in [-0.39, 0.29) is 5.91 Å². The van der Waals surface area contributed by atoms with Gasteiger partial charge >= 0.3 is 0 Å². The first-order valence-electron chi connectivity index (χ1n) is 5.61. The van der Waals surface area contributed by atoms with Gasteiger partial charge in [0.05, 0.1) is 0 Å². The number of aryl methyl sites for hydroxylation is 1. The van der Waals surface area contributed by atoms with Gasteiger partial charge in [0.15, 0.2) is 5.11 Å². The summed E-state index contributed by atoms with van der Waals surface area (Å²) in [4.78, 5) is 11.0. The molecule has 0 aromatic heterocycles. The van der Waals surface area contributed by atoms with Crippen molar-refractivity contribution in [3.63, 3.8) is 0 Å².